The zero-order chi connectivity index (χ0) is 18.8. The Morgan fingerprint density at radius 1 is 0.962 bits per heavy atom. The minimum absolute atomic E-state index is 0.200. The van der Waals surface area contributed by atoms with Crippen molar-refractivity contribution in [1.29, 1.82) is 0 Å². The summed E-state index contributed by atoms with van der Waals surface area (Å²) in [5.41, 5.74) is 2.01. The highest BCUT2D eigenvalue weighted by molar-refractivity contribution is 6.30. The first-order valence-corrected chi connectivity index (χ1v) is 8.99. The van der Waals surface area contributed by atoms with Gasteiger partial charge in [0.1, 0.15) is 5.75 Å². The second kappa shape index (κ2) is 10.5. The molecule has 0 fully saturated rings. The molecule has 2 rings (SSSR count). The van der Waals surface area contributed by atoms with E-state index in [1.54, 1.807) is 13.0 Å². The predicted molar refractivity (Wildman–Crippen MR) is 103 cm³/mol. The minimum atomic E-state index is -0.461. The first kappa shape index (κ1) is 19.9. The SMILES string of the molecule is CCOC(=O)C(=Cc1ccc(OCCc2ccc(Cl)cc2)cc1)OCC. The van der Waals surface area contributed by atoms with E-state index in [1.807, 2.05) is 55.5 Å². The molecule has 2 aromatic carbocycles. The van der Waals surface area contributed by atoms with Gasteiger partial charge in [0, 0.05) is 11.4 Å². The Bertz CT molecular complexity index is 721. The summed E-state index contributed by atoms with van der Waals surface area (Å²) in [6.07, 6.45) is 2.47. The normalized spacial score (nSPS) is 11.1. The molecule has 5 heteroatoms. The van der Waals surface area contributed by atoms with Crippen molar-refractivity contribution < 1.29 is 19.0 Å². The number of hydrogen-bond donors (Lipinski definition) is 0. The quantitative estimate of drug-likeness (QED) is 0.355. The monoisotopic (exact) mass is 374 g/mol. The fourth-order valence-corrected chi connectivity index (χ4v) is 2.39. The van der Waals surface area contributed by atoms with E-state index in [0.29, 0.717) is 19.8 Å². The number of halogens is 1. The highest BCUT2D eigenvalue weighted by Gasteiger charge is 2.11. The van der Waals surface area contributed by atoms with Crippen molar-refractivity contribution in [3.05, 3.63) is 70.4 Å². The van der Waals surface area contributed by atoms with Gasteiger partial charge in [0.05, 0.1) is 19.8 Å². The van der Waals surface area contributed by atoms with Crippen LogP contribution in [0, 0.1) is 0 Å². The molecule has 0 aliphatic carbocycles. The lowest BCUT2D eigenvalue weighted by Crippen LogP contribution is -2.10. The minimum Gasteiger partial charge on any atom is -0.493 e. The van der Waals surface area contributed by atoms with Crippen molar-refractivity contribution in [3.8, 4) is 5.75 Å². The smallest absolute Gasteiger partial charge is 0.373 e. The fourth-order valence-electron chi connectivity index (χ4n) is 2.27. The van der Waals surface area contributed by atoms with Gasteiger partial charge in [0.15, 0.2) is 0 Å². The van der Waals surface area contributed by atoms with Crippen molar-refractivity contribution in [2.45, 2.75) is 20.3 Å². The second-order valence-corrected chi connectivity index (χ2v) is 5.89. The Kier molecular flexibility index (Phi) is 8.03. The van der Waals surface area contributed by atoms with Gasteiger partial charge in [0.2, 0.25) is 5.76 Å². The van der Waals surface area contributed by atoms with Crippen LogP contribution in [0.15, 0.2) is 54.3 Å². The van der Waals surface area contributed by atoms with Gasteiger partial charge >= 0.3 is 5.97 Å². The Morgan fingerprint density at radius 2 is 1.62 bits per heavy atom. The molecule has 0 atom stereocenters. The largest absolute Gasteiger partial charge is 0.493 e. The Hall–Kier alpha value is -2.46. The molecule has 0 radical (unpaired) electrons. The molecule has 4 nitrogen and oxygen atoms in total. The van der Waals surface area contributed by atoms with Crippen LogP contribution in [0.2, 0.25) is 5.02 Å². The molecule has 26 heavy (non-hydrogen) atoms. The van der Waals surface area contributed by atoms with Gasteiger partial charge < -0.3 is 14.2 Å². The van der Waals surface area contributed by atoms with E-state index < -0.39 is 5.97 Å². The van der Waals surface area contributed by atoms with E-state index >= 15 is 0 Å². The number of hydrogen-bond acceptors (Lipinski definition) is 4. The van der Waals surface area contributed by atoms with Gasteiger partial charge in [0.25, 0.3) is 0 Å². The van der Waals surface area contributed by atoms with Crippen LogP contribution in [-0.2, 0) is 20.7 Å². The number of ether oxygens (including phenoxy) is 3. The van der Waals surface area contributed by atoms with Crippen LogP contribution in [0.4, 0.5) is 0 Å². The molecule has 0 saturated heterocycles. The van der Waals surface area contributed by atoms with Crippen molar-refractivity contribution in [3.63, 3.8) is 0 Å². The average Bonchev–Trinajstić information content (AvgIpc) is 2.64. The van der Waals surface area contributed by atoms with Gasteiger partial charge in [-0.15, -0.1) is 0 Å². The van der Waals surface area contributed by atoms with Crippen LogP contribution in [-0.4, -0.2) is 25.8 Å². The van der Waals surface area contributed by atoms with E-state index in [4.69, 9.17) is 25.8 Å². The van der Waals surface area contributed by atoms with Crippen molar-refractivity contribution >= 4 is 23.6 Å². The second-order valence-electron chi connectivity index (χ2n) is 5.46. The molecule has 0 spiro atoms. The average molecular weight is 375 g/mol. The third-order valence-corrected chi connectivity index (χ3v) is 3.78. The van der Waals surface area contributed by atoms with Crippen LogP contribution in [0.25, 0.3) is 6.08 Å². The number of carbonyl (C=O) groups excluding carboxylic acids is 1. The highest BCUT2D eigenvalue weighted by atomic mass is 35.5. The first-order chi connectivity index (χ1) is 12.6. The molecule has 0 aromatic heterocycles. The molecule has 0 bridgehead atoms. The molecule has 0 N–H and O–H groups in total. The molecule has 0 saturated carbocycles. The van der Waals surface area contributed by atoms with E-state index in [1.165, 1.54) is 5.56 Å². The van der Waals surface area contributed by atoms with E-state index in [2.05, 4.69) is 0 Å². The van der Waals surface area contributed by atoms with Crippen molar-refractivity contribution in [2.24, 2.45) is 0 Å². The van der Waals surface area contributed by atoms with Crippen LogP contribution in [0.3, 0.4) is 0 Å². The Morgan fingerprint density at radius 3 is 2.23 bits per heavy atom. The molecular formula is C21H23ClO4. The maximum atomic E-state index is 11.9. The third kappa shape index (κ3) is 6.45. The number of rotatable bonds is 9. The standard InChI is InChI=1S/C21H23ClO4/c1-3-24-20(21(23)25-4-2)15-17-7-11-19(12-8-17)26-14-13-16-5-9-18(22)10-6-16/h5-12,15H,3-4,13-14H2,1-2H3. The zero-order valence-corrected chi connectivity index (χ0v) is 15.8. The lowest BCUT2D eigenvalue weighted by Gasteiger charge is -2.09. The summed E-state index contributed by atoms with van der Waals surface area (Å²) in [4.78, 5) is 11.9. The molecule has 2 aromatic rings. The fraction of sp³-hybridized carbons (Fsp3) is 0.286. The summed E-state index contributed by atoms with van der Waals surface area (Å²) in [5.74, 6) is 0.508. The summed E-state index contributed by atoms with van der Waals surface area (Å²) in [5, 5.41) is 0.729. The van der Waals surface area contributed by atoms with Crippen LogP contribution >= 0.6 is 11.6 Å². The molecular weight excluding hydrogens is 352 g/mol. The van der Waals surface area contributed by atoms with Crippen LogP contribution in [0.1, 0.15) is 25.0 Å². The van der Waals surface area contributed by atoms with Crippen LogP contribution in [0.5, 0.6) is 5.75 Å². The number of benzene rings is 2. The van der Waals surface area contributed by atoms with Crippen LogP contribution < -0.4 is 4.74 Å². The third-order valence-electron chi connectivity index (χ3n) is 3.53. The summed E-state index contributed by atoms with van der Waals surface area (Å²) in [6, 6.07) is 15.2. The van der Waals surface area contributed by atoms with Gasteiger partial charge in [-0.05, 0) is 55.3 Å². The predicted octanol–water partition coefficient (Wildman–Crippen LogP) is 4.90. The lowest BCUT2D eigenvalue weighted by atomic mass is 10.1. The lowest BCUT2D eigenvalue weighted by molar-refractivity contribution is -0.142. The van der Waals surface area contributed by atoms with Gasteiger partial charge in [-0.25, -0.2) is 4.79 Å². The van der Waals surface area contributed by atoms with E-state index in [0.717, 1.165) is 22.8 Å². The van der Waals surface area contributed by atoms with Gasteiger partial charge in [-0.3, -0.25) is 0 Å². The number of carbonyl (C=O) groups is 1. The van der Waals surface area contributed by atoms with Gasteiger partial charge in [-0.1, -0.05) is 35.9 Å². The molecule has 0 aliphatic heterocycles. The highest BCUT2D eigenvalue weighted by Crippen LogP contribution is 2.16. The van der Waals surface area contributed by atoms with Crippen molar-refractivity contribution in [1.82, 2.24) is 0 Å². The zero-order valence-electron chi connectivity index (χ0n) is 15.0. The Labute approximate surface area is 159 Å². The molecule has 0 unspecified atom stereocenters. The van der Waals surface area contributed by atoms with Crippen molar-refractivity contribution in [2.75, 3.05) is 19.8 Å². The maximum Gasteiger partial charge on any atom is 0.373 e. The Balaban J connectivity index is 1.92. The van der Waals surface area contributed by atoms with E-state index in [9.17, 15) is 4.79 Å². The first-order valence-electron chi connectivity index (χ1n) is 8.61. The molecule has 0 aliphatic rings. The topological polar surface area (TPSA) is 44.8 Å². The molecule has 0 heterocycles. The van der Waals surface area contributed by atoms with E-state index in [-0.39, 0.29) is 5.76 Å². The summed E-state index contributed by atoms with van der Waals surface area (Å²) in [6.45, 7) is 4.87. The summed E-state index contributed by atoms with van der Waals surface area (Å²) >= 11 is 5.88. The summed E-state index contributed by atoms with van der Waals surface area (Å²) in [7, 11) is 0. The molecule has 0 amide bonds. The summed E-state index contributed by atoms with van der Waals surface area (Å²) < 4.78 is 16.1. The number of esters is 1. The van der Waals surface area contributed by atoms with Gasteiger partial charge in [-0.2, -0.15) is 0 Å². The maximum absolute atomic E-state index is 11.9. The molecule has 138 valence electrons.